The predicted octanol–water partition coefficient (Wildman–Crippen LogP) is 0.0836. The van der Waals surface area contributed by atoms with E-state index in [4.69, 9.17) is 4.74 Å². The average Bonchev–Trinajstić information content (AvgIpc) is 2.38. The van der Waals surface area contributed by atoms with Crippen molar-refractivity contribution in [3.63, 3.8) is 0 Å². The first-order valence-corrected chi connectivity index (χ1v) is 6.49. The van der Waals surface area contributed by atoms with E-state index in [1.807, 2.05) is 13.8 Å². The Labute approximate surface area is 117 Å². The largest absolute Gasteiger partial charge is 0.464 e. The minimum absolute atomic E-state index is 0.0480. The maximum absolute atomic E-state index is 11.9. The molecule has 1 rings (SSSR count). The number of carbonyl (C=O) groups excluding carboxylic acids is 1. The normalized spacial score (nSPS) is 12.3. The van der Waals surface area contributed by atoms with Crippen molar-refractivity contribution >= 4 is 11.8 Å². The predicted molar refractivity (Wildman–Crippen MR) is 75.8 cm³/mol. The van der Waals surface area contributed by atoms with Crippen molar-refractivity contribution in [3.05, 3.63) is 26.9 Å². The maximum atomic E-state index is 11.9. The Hall–Kier alpha value is -2.05. The van der Waals surface area contributed by atoms with Gasteiger partial charge in [0.1, 0.15) is 11.9 Å². The zero-order chi connectivity index (χ0) is 15.4. The van der Waals surface area contributed by atoms with Gasteiger partial charge in [0.25, 0.3) is 5.56 Å². The minimum Gasteiger partial charge on any atom is -0.464 e. The van der Waals surface area contributed by atoms with Crippen LogP contribution in [-0.2, 0) is 23.6 Å². The van der Waals surface area contributed by atoms with E-state index in [0.717, 1.165) is 4.57 Å². The van der Waals surface area contributed by atoms with Crippen molar-refractivity contribution in [2.75, 3.05) is 11.9 Å². The zero-order valence-corrected chi connectivity index (χ0v) is 12.5. The van der Waals surface area contributed by atoms with Gasteiger partial charge in [0.2, 0.25) is 0 Å². The summed E-state index contributed by atoms with van der Waals surface area (Å²) in [6.07, 6.45) is 0. The van der Waals surface area contributed by atoms with Crippen LogP contribution in [0.25, 0.3) is 0 Å². The molecule has 1 atom stereocenters. The third-order valence-electron chi connectivity index (χ3n) is 3.04. The fourth-order valence-corrected chi connectivity index (χ4v) is 1.76. The summed E-state index contributed by atoms with van der Waals surface area (Å²) in [5.74, 6) is -0.159. The van der Waals surface area contributed by atoms with Crippen LogP contribution in [0.1, 0.15) is 20.8 Å². The number of anilines is 1. The third kappa shape index (κ3) is 3.28. The van der Waals surface area contributed by atoms with Gasteiger partial charge >= 0.3 is 11.7 Å². The van der Waals surface area contributed by atoms with Gasteiger partial charge in [-0.25, -0.2) is 9.59 Å². The van der Waals surface area contributed by atoms with E-state index in [-0.39, 0.29) is 12.5 Å². The van der Waals surface area contributed by atoms with Crippen LogP contribution in [-0.4, -0.2) is 27.8 Å². The van der Waals surface area contributed by atoms with Gasteiger partial charge in [-0.3, -0.25) is 13.9 Å². The first-order valence-electron chi connectivity index (χ1n) is 6.49. The standard InChI is InChI=1S/C13H21N3O4/c1-6-20-12(18)11(8(2)3)14-9-7-10(17)16(5)13(19)15(9)4/h7-8,11,14H,6H2,1-5H3/t11-/m0/s1. The van der Waals surface area contributed by atoms with Crippen molar-refractivity contribution in [2.24, 2.45) is 20.0 Å². The summed E-state index contributed by atoms with van der Waals surface area (Å²) in [5.41, 5.74) is -0.881. The van der Waals surface area contributed by atoms with Gasteiger partial charge in [-0.05, 0) is 12.8 Å². The number of nitrogens with one attached hydrogen (secondary N) is 1. The van der Waals surface area contributed by atoms with E-state index in [9.17, 15) is 14.4 Å². The van der Waals surface area contributed by atoms with E-state index in [0.29, 0.717) is 5.82 Å². The van der Waals surface area contributed by atoms with Crippen LogP contribution in [0, 0.1) is 5.92 Å². The highest BCUT2D eigenvalue weighted by Crippen LogP contribution is 2.11. The van der Waals surface area contributed by atoms with Gasteiger partial charge in [0.15, 0.2) is 0 Å². The second-order valence-corrected chi connectivity index (χ2v) is 4.89. The molecule has 7 heteroatoms. The second-order valence-electron chi connectivity index (χ2n) is 4.89. The Kier molecular flexibility index (Phi) is 5.12. The molecule has 1 N–H and O–H groups in total. The van der Waals surface area contributed by atoms with Gasteiger partial charge in [-0.15, -0.1) is 0 Å². The third-order valence-corrected chi connectivity index (χ3v) is 3.04. The first kappa shape index (κ1) is 16.0. The van der Waals surface area contributed by atoms with Crippen molar-refractivity contribution in [1.82, 2.24) is 9.13 Å². The zero-order valence-electron chi connectivity index (χ0n) is 12.5. The average molecular weight is 283 g/mol. The summed E-state index contributed by atoms with van der Waals surface area (Å²) >= 11 is 0. The van der Waals surface area contributed by atoms with E-state index < -0.39 is 23.3 Å². The first-order chi connectivity index (χ1) is 9.29. The molecule has 0 aliphatic heterocycles. The topological polar surface area (TPSA) is 82.3 Å². The second kappa shape index (κ2) is 6.40. The van der Waals surface area contributed by atoms with E-state index in [1.54, 1.807) is 6.92 Å². The molecule has 1 aromatic heterocycles. The quantitative estimate of drug-likeness (QED) is 0.774. The summed E-state index contributed by atoms with van der Waals surface area (Å²) in [6, 6.07) is 0.670. The molecule has 0 amide bonds. The molecule has 0 saturated carbocycles. The highest BCUT2D eigenvalue weighted by Gasteiger charge is 2.24. The summed E-state index contributed by atoms with van der Waals surface area (Å²) in [5, 5.41) is 2.92. The number of ether oxygens (including phenoxy) is 1. The fourth-order valence-electron chi connectivity index (χ4n) is 1.76. The molecule has 0 aliphatic carbocycles. The molecule has 0 aliphatic rings. The van der Waals surface area contributed by atoms with Crippen molar-refractivity contribution in [3.8, 4) is 0 Å². The SMILES string of the molecule is CCOC(=O)[C@@H](Nc1cc(=O)n(C)c(=O)n1C)C(C)C. The van der Waals surface area contributed by atoms with Crippen LogP contribution in [0.15, 0.2) is 15.7 Å². The number of hydrogen-bond donors (Lipinski definition) is 1. The Morgan fingerprint density at radius 2 is 1.90 bits per heavy atom. The highest BCUT2D eigenvalue weighted by atomic mass is 16.5. The molecule has 0 fully saturated rings. The Balaban J connectivity index is 3.16. The molecule has 0 spiro atoms. The van der Waals surface area contributed by atoms with E-state index >= 15 is 0 Å². The molecule has 0 unspecified atom stereocenters. The van der Waals surface area contributed by atoms with Gasteiger partial charge in [-0.1, -0.05) is 13.8 Å². The summed E-state index contributed by atoms with van der Waals surface area (Å²) in [7, 11) is 2.94. The monoisotopic (exact) mass is 283 g/mol. The molecule has 0 aromatic carbocycles. The minimum atomic E-state index is -0.618. The molecular weight excluding hydrogens is 262 g/mol. The van der Waals surface area contributed by atoms with Crippen LogP contribution in [0.4, 0.5) is 5.82 Å². The maximum Gasteiger partial charge on any atom is 0.332 e. The number of esters is 1. The van der Waals surface area contributed by atoms with E-state index in [1.165, 1.54) is 24.7 Å². The number of carbonyl (C=O) groups is 1. The number of rotatable bonds is 5. The van der Waals surface area contributed by atoms with Gasteiger partial charge in [0.05, 0.1) is 6.61 Å². The van der Waals surface area contributed by atoms with Gasteiger partial charge in [0, 0.05) is 20.2 Å². The molecule has 7 nitrogen and oxygen atoms in total. The summed E-state index contributed by atoms with van der Waals surface area (Å²) < 4.78 is 7.28. The highest BCUT2D eigenvalue weighted by molar-refractivity contribution is 5.79. The van der Waals surface area contributed by atoms with Crippen molar-refractivity contribution < 1.29 is 9.53 Å². The van der Waals surface area contributed by atoms with Crippen LogP contribution in [0.2, 0.25) is 0 Å². The fraction of sp³-hybridized carbons (Fsp3) is 0.615. The molecular formula is C13H21N3O4. The number of aromatic nitrogens is 2. The number of nitrogens with zero attached hydrogens (tertiary/aromatic N) is 2. The van der Waals surface area contributed by atoms with Gasteiger partial charge < -0.3 is 10.1 Å². The summed E-state index contributed by atoms with van der Waals surface area (Å²) in [6.45, 7) is 5.71. The molecule has 0 saturated heterocycles. The molecule has 112 valence electrons. The lowest BCUT2D eigenvalue weighted by molar-refractivity contribution is -0.145. The van der Waals surface area contributed by atoms with Crippen LogP contribution in [0.3, 0.4) is 0 Å². The van der Waals surface area contributed by atoms with Crippen molar-refractivity contribution in [2.45, 2.75) is 26.8 Å². The Morgan fingerprint density at radius 1 is 1.30 bits per heavy atom. The molecule has 1 heterocycles. The molecule has 0 radical (unpaired) electrons. The Morgan fingerprint density at radius 3 is 2.40 bits per heavy atom. The summed E-state index contributed by atoms with van der Waals surface area (Å²) in [4.78, 5) is 35.4. The van der Waals surface area contributed by atoms with Crippen LogP contribution < -0.4 is 16.6 Å². The lowest BCUT2D eigenvalue weighted by atomic mass is 10.0. The van der Waals surface area contributed by atoms with Crippen LogP contribution >= 0.6 is 0 Å². The Bertz CT molecular complexity index is 601. The lowest BCUT2D eigenvalue weighted by Crippen LogP contribution is -2.42. The van der Waals surface area contributed by atoms with Gasteiger partial charge in [-0.2, -0.15) is 0 Å². The van der Waals surface area contributed by atoms with Crippen molar-refractivity contribution in [1.29, 1.82) is 0 Å². The smallest absolute Gasteiger partial charge is 0.332 e. The molecule has 20 heavy (non-hydrogen) atoms. The molecule has 0 bridgehead atoms. The van der Waals surface area contributed by atoms with Crippen LogP contribution in [0.5, 0.6) is 0 Å². The van der Waals surface area contributed by atoms with E-state index in [2.05, 4.69) is 5.32 Å². The molecule has 1 aromatic rings. The number of hydrogen-bond acceptors (Lipinski definition) is 5. The lowest BCUT2D eigenvalue weighted by Gasteiger charge is -2.22.